The molecule has 0 aliphatic heterocycles. The fraction of sp³-hybridized carbons (Fsp3) is 0.294. The minimum Gasteiger partial charge on any atom is -0.464 e. The molecular formula is C17H18FNO6S. The first-order chi connectivity index (χ1) is 12.2. The fourth-order valence-corrected chi connectivity index (χ4v) is 3.00. The predicted octanol–water partition coefficient (Wildman–Crippen LogP) is 1.92. The maximum atomic E-state index is 14.2. The van der Waals surface area contributed by atoms with Gasteiger partial charge in [-0.25, -0.2) is 9.18 Å². The van der Waals surface area contributed by atoms with Gasteiger partial charge in [0.05, 0.1) is 17.9 Å². The molecule has 0 spiro atoms. The summed E-state index contributed by atoms with van der Waals surface area (Å²) >= 11 is 0. The van der Waals surface area contributed by atoms with Crippen LogP contribution in [0.25, 0.3) is 10.8 Å². The second kappa shape index (κ2) is 8.24. The number of esters is 1. The van der Waals surface area contributed by atoms with Crippen LogP contribution < -0.4 is 5.32 Å². The van der Waals surface area contributed by atoms with Crippen LogP contribution in [0.15, 0.2) is 36.4 Å². The highest BCUT2D eigenvalue weighted by Crippen LogP contribution is 2.22. The Morgan fingerprint density at radius 2 is 1.92 bits per heavy atom. The average Bonchev–Trinajstić information content (AvgIpc) is 2.57. The first kappa shape index (κ1) is 19.8. The van der Waals surface area contributed by atoms with Crippen LogP contribution in [0.5, 0.6) is 0 Å². The summed E-state index contributed by atoms with van der Waals surface area (Å²) in [6.45, 7) is 1.56. The van der Waals surface area contributed by atoms with E-state index in [4.69, 9.17) is 9.29 Å². The van der Waals surface area contributed by atoms with Gasteiger partial charge in [0.2, 0.25) is 0 Å². The molecule has 0 saturated carbocycles. The number of fused-ring (bicyclic) bond motifs is 1. The van der Waals surface area contributed by atoms with Crippen molar-refractivity contribution in [3.8, 4) is 0 Å². The Kier molecular flexibility index (Phi) is 6.27. The molecule has 0 unspecified atom stereocenters. The Bertz CT molecular complexity index is 928. The minimum absolute atomic E-state index is 0.0136. The molecule has 9 heteroatoms. The zero-order valence-corrected chi connectivity index (χ0v) is 14.8. The van der Waals surface area contributed by atoms with E-state index < -0.39 is 46.0 Å². The number of ether oxygens (including phenoxy) is 1. The maximum absolute atomic E-state index is 14.2. The second-order valence-electron chi connectivity index (χ2n) is 5.50. The van der Waals surface area contributed by atoms with Gasteiger partial charge in [0, 0.05) is 0 Å². The van der Waals surface area contributed by atoms with E-state index >= 15 is 0 Å². The maximum Gasteiger partial charge on any atom is 0.328 e. The molecule has 0 saturated heterocycles. The zero-order chi connectivity index (χ0) is 19.3. The topological polar surface area (TPSA) is 110 Å². The summed E-state index contributed by atoms with van der Waals surface area (Å²) in [6.07, 6.45) is -0.407. The van der Waals surface area contributed by atoms with Crippen LogP contribution in [0, 0.1) is 5.82 Å². The monoisotopic (exact) mass is 383 g/mol. The van der Waals surface area contributed by atoms with Crippen LogP contribution >= 0.6 is 0 Å². The summed E-state index contributed by atoms with van der Waals surface area (Å²) in [4.78, 5) is 24.5. The van der Waals surface area contributed by atoms with Crippen LogP contribution in [0.2, 0.25) is 0 Å². The van der Waals surface area contributed by atoms with Crippen molar-refractivity contribution in [1.82, 2.24) is 5.32 Å². The number of carbonyl (C=O) groups excluding carboxylic acids is 2. The lowest BCUT2D eigenvalue weighted by atomic mass is 10.0. The highest BCUT2D eigenvalue weighted by atomic mass is 32.2. The summed E-state index contributed by atoms with van der Waals surface area (Å²) in [6, 6.07) is 7.94. The summed E-state index contributed by atoms with van der Waals surface area (Å²) in [5, 5.41) is 3.27. The summed E-state index contributed by atoms with van der Waals surface area (Å²) in [5.74, 6) is -3.29. The molecule has 26 heavy (non-hydrogen) atoms. The van der Waals surface area contributed by atoms with Crippen molar-refractivity contribution >= 4 is 32.8 Å². The summed E-state index contributed by atoms with van der Waals surface area (Å²) in [7, 11) is -4.34. The van der Waals surface area contributed by atoms with Gasteiger partial charge < -0.3 is 10.1 Å². The Hall–Kier alpha value is -2.52. The number of hydrogen-bond donors (Lipinski definition) is 2. The van der Waals surface area contributed by atoms with Gasteiger partial charge in [0.15, 0.2) is 0 Å². The van der Waals surface area contributed by atoms with Gasteiger partial charge in [-0.1, -0.05) is 30.3 Å². The number of halogens is 1. The van der Waals surface area contributed by atoms with E-state index in [2.05, 4.69) is 5.32 Å². The van der Waals surface area contributed by atoms with E-state index in [-0.39, 0.29) is 12.2 Å². The highest BCUT2D eigenvalue weighted by molar-refractivity contribution is 7.85. The molecule has 140 valence electrons. The summed E-state index contributed by atoms with van der Waals surface area (Å²) in [5.41, 5.74) is -0.260. The number of carbonyl (C=O) groups is 2. The van der Waals surface area contributed by atoms with E-state index in [1.54, 1.807) is 31.2 Å². The van der Waals surface area contributed by atoms with Crippen molar-refractivity contribution in [3.63, 3.8) is 0 Å². The molecule has 2 aromatic carbocycles. The third kappa shape index (κ3) is 4.99. The third-order valence-corrected chi connectivity index (χ3v) is 4.40. The average molecular weight is 383 g/mol. The van der Waals surface area contributed by atoms with Crippen LogP contribution in [0.1, 0.15) is 23.7 Å². The first-order valence-electron chi connectivity index (χ1n) is 7.83. The van der Waals surface area contributed by atoms with Crippen molar-refractivity contribution in [2.75, 3.05) is 12.4 Å². The number of amides is 1. The zero-order valence-electron chi connectivity index (χ0n) is 13.9. The molecule has 2 aromatic rings. The van der Waals surface area contributed by atoms with E-state index in [0.29, 0.717) is 10.8 Å². The molecular weight excluding hydrogens is 365 g/mol. The van der Waals surface area contributed by atoms with Gasteiger partial charge >= 0.3 is 5.97 Å². The van der Waals surface area contributed by atoms with Gasteiger partial charge in [-0.15, -0.1) is 0 Å². The lowest BCUT2D eigenvalue weighted by Crippen LogP contribution is -2.43. The summed E-state index contributed by atoms with van der Waals surface area (Å²) < 4.78 is 49.8. The van der Waals surface area contributed by atoms with Gasteiger partial charge in [0.1, 0.15) is 11.9 Å². The molecule has 1 atom stereocenters. The molecule has 0 aliphatic rings. The largest absolute Gasteiger partial charge is 0.464 e. The Balaban J connectivity index is 2.31. The lowest BCUT2D eigenvalue weighted by Gasteiger charge is -2.17. The van der Waals surface area contributed by atoms with Crippen molar-refractivity contribution in [2.24, 2.45) is 0 Å². The molecule has 7 nitrogen and oxygen atoms in total. The SMILES string of the molecule is CCOC(=O)[C@H](CCS(=O)(=O)O)NC(=O)c1c(F)ccc2ccccc12. The normalized spacial score (nSPS) is 12.6. The number of nitrogens with one attached hydrogen (secondary N) is 1. The van der Waals surface area contributed by atoms with E-state index in [1.807, 2.05) is 0 Å². The fourth-order valence-electron chi connectivity index (χ4n) is 2.46. The smallest absolute Gasteiger partial charge is 0.328 e. The number of rotatable bonds is 7. The van der Waals surface area contributed by atoms with E-state index in [0.717, 1.165) is 6.07 Å². The lowest BCUT2D eigenvalue weighted by molar-refractivity contribution is -0.145. The molecule has 0 fully saturated rings. The molecule has 0 aromatic heterocycles. The van der Waals surface area contributed by atoms with E-state index in [9.17, 15) is 22.4 Å². The molecule has 0 aliphatic carbocycles. The van der Waals surface area contributed by atoms with Crippen molar-refractivity contribution in [1.29, 1.82) is 0 Å². The van der Waals surface area contributed by atoms with Crippen molar-refractivity contribution in [2.45, 2.75) is 19.4 Å². The highest BCUT2D eigenvalue weighted by Gasteiger charge is 2.26. The van der Waals surface area contributed by atoms with E-state index in [1.165, 1.54) is 6.07 Å². The Labute approximate surface area is 149 Å². The number of hydrogen-bond acceptors (Lipinski definition) is 5. The minimum atomic E-state index is -4.34. The molecule has 0 radical (unpaired) electrons. The van der Waals surface area contributed by atoms with Gasteiger partial charge in [-0.05, 0) is 30.2 Å². The van der Waals surface area contributed by atoms with Gasteiger partial charge in [-0.3, -0.25) is 9.35 Å². The third-order valence-electron chi connectivity index (χ3n) is 3.65. The number of benzene rings is 2. The molecule has 2 rings (SSSR count). The van der Waals surface area contributed by atoms with Crippen LogP contribution in [-0.4, -0.2) is 43.2 Å². The first-order valence-corrected chi connectivity index (χ1v) is 9.43. The van der Waals surface area contributed by atoms with Gasteiger partial charge in [-0.2, -0.15) is 8.42 Å². The van der Waals surface area contributed by atoms with Crippen molar-refractivity contribution < 1.29 is 31.7 Å². The Morgan fingerprint density at radius 1 is 1.23 bits per heavy atom. The Morgan fingerprint density at radius 3 is 2.58 bits per heavy atom. The van der Waals surface area contributed by atoms with Crippen molar-refractivity contribution in [3.05, 3.63) is 47.8 Å². The van der Waals surface area contributed by atoms with Gasteiger partial charge in [0.25, 0.3) is 16.0 Å². The standard InChI is InChI=1S/C17H18FNO6S/c1-2-25-17(21)14(9-10-26(22,23)24)19-16(20)15-12-6-4-3-5-11(12)7-8-13(15)18/h3-8,14H,2,9-10H2,1H3,(H,19,20)(H,22,23,24)/t14-/m0/s1. The molecule has 0 heterocycles. The van der Waals surface area contributed by atoms with Crippen LogP contribution in [-0.2, 0) is 19.6 Å². The predicted molar refractivity (Wildman–Crippen MR) is 92.8 cm³/mol. The van der Waals surface area contributed by atoms with Crippen LogP contribution in [0.3, 0.4) is 0 Å². The molecule has 2 N–H and O–H groups in total. The molecule has 0 bridgehead atoms. The molecule has 1 amide bonds. The second-order valence-corrected chi connectivity index (χ2v) is 7.07. The van der Waals surface area contributed by atoms with Crippen LogP contribution in [0.4, 0.5) is 4.39 Å². The quantitative estimate of drug-likeness (QED) is 0.558.